The van der Waals surface area contributed by atoms with E-state index in [-0.39, 0.29) is 6.04 Å². The van der Waals surface area contributed by atoms with Crippen LogP contribution in [0.1, 0.15) is 62.5 Å². The van der Waals surface area contributed by atoms with E-state index in [9.17, 15) is 8.42 Å². The van der Waals surface area contributed by atoms with Gasteiger partial charge in [0, 0.05) is 12.6 Å². The first-order chi connectivity index (χ1) is 14.0. The summed E-state index contributed by atoms with van der Waals surface area (Å²) in [5, 5.41) is 0. The van der Waals surface area contributed by atoms with Crippen molar-refractivity contribution >= 4 is 10.0 Å². The van der Waals surface area contributed by atoms with Gasteiger partial charge in [-0.1, -0.05) is 56.0 Å². The number of unbranched alkanes of at least 4 members (excludes halogenated alkanes) is 2. The molecule has 5 heteroatoms. The molecule has 3 rings (SSSR count). The number of sulfonamides is 1. The van der Waals surface area contributed by atoms with Gasteiger partial charge in [0.05, 0.1) is 12.0 Å². The summed E-state index contributed by atoms with van der Waals surface area (Å²) in [6.45, 7) is 4.73. The molecule has 0 N–H and O–H groups in total. The fraction of sp³-hybridized carbons (Fsp3) is 0.500. The van der Waals surface area contributed by atoms with Crippen molar-refractivity contribution in [1.29, 1.82) is 0 Å². The van der Waals surface area contributed by atoms with Crippen LogP contribution in [0, 0.1) is 6.92 Å². The highest BCUT2D eigenvalue weighted by Gasteiger charge is 2.36. The Morgan fingerprint density at radius 3 is 2.34 bits per heavy atom. The fourth-order valence-corrected chi connectivity index (χ4v) is 5.94. The molecule has 0 spiro atoms. The fourth-order valence-electron chi connectivity index (χ4n) is 4.26. The first-order valence-corrected chi connectivity index (χ1v) is 12.1. The van der Waals surface area contributed by atoms with E-state index in [4.69, 9.17) is 4.74 Å². The van der Waals surface area contributed by atoms with Crippen molar-refractivity contribution in [2.45, 2.75) is 69.2 Å². The number of piperidine rings is 1. The summed E-state index contributed by atoms with van der Waals surface area (Å²) >= 11 is 0. The standard InChI is InChI=1S/C24H33NO3S/c1-4-5-6-7-22-18-21(20-10-12-23(28-3)13-11-20)16-17-25(22)29(26,27)24-14-8-19(2)9-15-24/h8-15,21-22H,4-7,16-18H2,1-3H3/t21-,22+/m1/s1. The van der Waals surface area contributed by atoms with Gasteiger partial charge in [-0.2, -0.15) is 4.31 Å². The zero-order valence-electron chi connectivity index (χ0n) is 17.8. The number of aryl methyl sites for hydroxylation is 1. The van der Waals surface area contributed by atoms with Crippen molar-refractivity contribution < 1.29 is 13.2 Å². The smallest absolute Gasteiger partial charge is 0.243 e. The van der Waals surface area contributed by atoms with Crippen molar-refractivity contribution in [2.75, 3.05) is 13.7 Å². The Morgan fingerprint density at radius 2 is 1.72 bits per heavy atom. The lowest BCUT2D eigenvalue weighted by Gasteiger charge is -2.39. The lowest BCUT2D eigenvalue weighted by molar-refractivity contribution is 0.216. The van der Waals surface area contributed by atoms with Crippen LogP contribution in [0.25, 0.3) is 0 Å². The van der Waals surface area contributed by atoms with Gasteiger partial charge in [-0.15, -0.1) is 0 Å². The number of hydrogen-bond acceptors (Lipinski definition) is 3. The van der Waals surface area contributed by atoms with Crippen molar-refractivity contribution in [3.8, 4) is 5.75 Å². The number of ether oxygens (including phenoxy) is 1. The number of rotatable bonds is 8. The largest absolute Gasteiger partial charge is 0.497 e. The van der Waals surface area contributed by atoms with E-state index in [2.05, 4.69) is 19.1 Å². The second kappa shape index (κ2) is 9.77. The van der Waals surface area contributed by atoms with Gasteiger partial charge < -0.3 is 4.74 Å². The summed E-state index contributed by atoms with van der Waals surface area (Å²) in [5.41, 5.74) is 2.35. The molecule has 2 atom stereocenters. The molecule has 1 aliphatic heterocycles. The minimum atomic E-state index is -3.47. The van der Waals surface area contributed by atoms with Gasteiger partial charge in [0.1, 0.15) is 5.75 Å². The Morgan fingerprint density at radius 1 is 1.03 bits per heavy atom. The maximum Gasteiger partial charge on any atom is 0.243 e. The number of methoxy groups -OCH3 is 1. The predicted molar refractivity (Wildman–Crippen MR) is 118 cm³/mol. The van der Waals surface area contributed by atoms with E-state index in [1.165, 1.54) is 5.56 Å². The quantitative estimate of drug-likeness (QED) is 0.533. The molecule has 4 nitrogen and oxygen atoms in total. The maximum absolute atomic E-state index is 13.4. The highest BCUT2D eigenvalue weighted by Crippen LogP contribution is 2.37. The Bertz CT molecular complexity index is 875. The summed E-state index contributed by atoms with van der Waals surface area (Å²) in [5.74, 6) is 1.24. The van der Waals surface area contributed by atoms with Crippen molar-refractivity contribution in [3.05, 3.63) is 59.7 Å². The van der Waals surface area contributed by atoms with Crippen LogP contribution in [-0.4, -0.2) is 32.4 Å². The molecule has 0 aliphatic carbocycles. The van der Waals surface area contributed by atoms with Crippen molar-refractivity contribution in [3.63, 3.8) is 0 Å². The maximum atomic E-state index is 13.4. The van der Waals surface area contributed by atoms with Gasteiger partial charge >= 0.3 is 0 Å². The van der Waals surface area contributed by atoms with E-state index in [0.717, 1.165) is 49.8 Å². The predicted octanol–water partition coefficient (Wildman–Crippen LogP) is 5.52. The third-order valence-corrected chi connectivity index (χ3v) is 7.98. The van der Waals surface area contributed by atoms with Gasteiger partial charge in [0.15, 0.2) is 0 Å². The molecule has 1 fully saturated rings. The van der Waals surface area contributed by atoms with Crippen LogP contribution in [0.4, 0.5) is 0 Å². The van der Waals surface area contributed by atoms with E-state index in [1.54, 1.807) is 23.5 Å². The van der Waals surface area contributed by atoms with Crippen molar-refractivity contribution in [2.24, 2.45) is 0 Å². The Labute approximate surface area is 175 Å². The van der Waals surface area contributed by atoms with Gasteiger partial charge in [-0.05, 0) is 61.9 Å². The van der Waals surface area contributed by atoms with Gasteiger partial charge in [0.2, 0.25) is 10.0 Å². The molecule has 29 heavy (non-hydrogen) atoms. The van der Waals surface area contributed by atoms with Crippen molar-refractivity contribution in [1.82, 2.24) is 4.31 Å². The topological polar surface area (TPSA) is 46.6 Å². The van der Waals surface area contributed by atoms with Crippen LogP contribution in [-0.2, 0) is 10.0 Å². The molecule has 1 aliphatic rings. The van der Waals surface area contributed by atoms with Gasteiger partial charge in [0.25, 0.3) is 0 Å². The van der Waals surface area contributed by atoms with E-state index in [1.807, 2.05) is 31.2 Å². The Balaban J connectivity index is 1.82. The minimum absolute atomic E-state index is 0.0497. The SMILES string of the molecule is CCCCC[C@H]1C[C@H](c2ccc(OC)cc2)CCN1S(=O)(=O)c1ccc(C)cc1. The molecule has 0 bridgehead atoms. The average Bonchev–Trinajstić information content (AvgIpc) is 2.74. The van der Waals surface area contributed by atoms with Crippen LogP contribution in [0.15, 0.2) is 53.4 Å². The highest BCUT2D eigenvalue weighted by atomic mass is 32.2. The number of hydrogen-bond donors (Lipinski definition) is 0. The Kier molecular flexibility index (Phi) is 7.36. The molecule has 0 radical (unpaired) electrons. The first-order valence-electron chi connectivity index (χ1n) is 10.7. The molecule has 0 aromatic heterocycles. The third-order valence-electron chi connectivity index (χ3n) is 6.02. The number of nitrogens with zero attached hydrogens (tertiary/aromatic N) is 1. The zero-order valence-corrected chi connectivity index (χ0v) is 18.6. The molecule has 1 saturated heterocycles. The zero-order chi connectivity index (χ0) is 20.9. The van der Waals surface area contributed by atoms with Crippen LogP contribution in [0.2, 0.25) is 0 Å². The molecule has 1 heterocycles. The molecule has 2 aromatic rings. The number of benzene rings is 2. The van der Waals surface area contributed by atoms with E-state index in [0.29, 0.717) is 17.4 Å². The molecule has 0 amide bonds. The Hall–Kier alpha value is -1.85. The second-order valence-electron chi connectivity index (χ2n) is 8.07. The molecular formula is C24H33NO3S. The van der Waals surface area contributed by atoms with E-state index >= 15 is 0 Å². The first kappa shape index (κ1) is 21.8. The molecule has 158 valence electrons. The second-order valence-corrected chi connectivity index (χ2v) is 9.96. The van der Waals surface area contributed by atoms with Gasteiger partial charge in [-0.25, -0.2) is 8.42 Å². The summed E-state index contributed by atoms with van der Waals surface area (Å²) in [4.78, 5) is 0.409. The van der Waals surface area contributed by atoms with Gasteiger partial charge in [-0.3, -0.25) is 0 Å². The lowest BCUT2D eigenvalue weighted by Crippen LogP contribution is -2.45. The molecule has 0 saturated carbocycles. The summed E-state index contributed by atoms with van der Waals surface area (Å²) in [7, 11) is -1.79. The lowest BCUT2D eigenvalue weighted by atomic mass is 9.85. The minimum Gasteiger partial charge on any atom is -0.497 e. The average molecular weight is 416 g/mol. The normalized spacial score (nSPS) is 20.5. The third kappa shape index (κ3) is 5.20. The summed E-state index contributed by atoms with van der Waals surface area (Å²) in [6, 6.07) is 15.5. The van der Waals surface area contributed by atoms with Crippen LogP contribution < -0.4 is 4.74 Å². The van der Waals surface area contributed by atoms with E-state index < -0.39 is 10.0 Å². The molecule has 0 unspecified atom stereocenters. The van der Waals surface area contributed by atoms with Crippen LogP contribution in [0.5, 0.6) is 5.75 Å². The summed E-state index contributed by atoms with van der Waals surface area (Å²) in [6.07, 6.45) is 5.99. The molecular weight excluding hydrogens is 382 g/mol. The summed E-state index contributed by atoms with van der Waals surface area (Å²) < 4.78 is 33.8. The monoisotopic (exact) mass is 415 g/mol. The van der Waals surface area contributed by atoms with Crippen LogP contribution in [0.3, 0.4) is 0 Å². The highest BCUT2D eigenvalue weighted by molar-refractivity contribution is 7.89. The molecule has 2 aromatic carbocycles. The van der Waals surface area contributed by atoms with Crippen LogP contribution >= 0.6 is 0 Å².